The molecule has 210 valence electrons. The number of ether oxygens (including phenoxy) is 2. The molecule has 8 atom stereocenters. The molecule has 0 aromatic rings. The maximum atomic E-state index is 11.4. The lowest BCUT2D eigenvalue weighted by Crippen LogP contribution is -2.51. The van der Waals surface area contributed by atoms with Crippen LogP contribution in [0.1, 0.15) is 112 Å². The molecule has 1 N–H and O–H groups in total. The van der Waals surface area contributed by atoms with Gasteiger partial charge < -0.3 is 14.6 Å². The van der Waals surface area contributed by atoms with Crippen molar-refractivity contribution in [1.29, 1.82) is 0 Å². The molecule has 0 aromatic heterocycles. The number of hydrogen-bond acceptors (Lipinski definition) is 4. The normalized spacial score (nSPS) is 37.8. The van der Waals surface area contributed by atoms with Crippen molar-refractivity contribution in [2.75, 3.05) is 13.2 Å². The van der Waals surface area contributed by atoms with E-state index in [0.717, 1.165) is 48.3 Å². The van der Waals surface area contributed by atoms with E-state index in [9.17, 15) is 9.59 Å². The second-order valence-electron chi connectivity index (χ2n) is 13.8. The summed E-state index contributed by atoms with van der Waals surface area (Å²) in [4.78, 5) is 22.0. The Morgan fingerprint density at radius 1 is 1.03 bits per heavy atom. The molecule has 5 heteroatoms. The van der Waals surface area contributed by atoms with Gasteiger partial charge >= 0.3 is 11.9 Å². The molecule has 0 heterocycles. The van der Waals surface area contributed by atoms with Gasteiger partial charge in [0.2, 0.25) is 0 Å². The summed E-state index contributed by atoms with van der Waals surface area (Å²) in [6, 6.07) is 0. The van der Waals surface area contributed by atoms with E-state index in [2.05, 4.69) is 40.7 Å². The molecule has 3 saturated carbocycles. The van der Waals surface area contributed by atoms with Crippen LogP contribution in [0.15, 0.2) is 11.6 Å². The second-order valence-corrected chi connectivity index (χ2v) is 13.8. The van der Waals surface area contributed by atoms with E-state index >= 15 is 0 Å². The van der Waals surface area contributed by atoms with Gasteiger partial charge in [-0.2, -0.15) is 0 Å². The summed E-state index contributed by atoms with van der Waals surface area (Å²) in [6.07, 6.45) is 16.5. The van der Waals surface area contributed by atoms with Crippen LogP contribution in [0, 0.1) is 46.3 Å². The molecule has 37 heavy (non-hydrogen) atoms. The fourth-order valence-electron chi connectivity index (χ4n) is 9.34. The smallest absolute Gasteiger partial charge is 0.317 e. The van der Waals surface area contributed by atoms with Gasteiger partial charge in [-0.1, -0.05) is 65.5 Å². The highest BCUT2D eigenvalue weighted by Crippen LogP contribution is 2.67. The molecule has 4 rings (SSSR count). The number of carboxylic acids is 1. The standard InChI is InChI=1S/C32H52O5/c1-21(2)7-6-8-22(3)26-11-12-27-25-10-9-23-19-24(36-17-18-37-30(35)20-29(33)34)13-15-31(23,4)28(25)14-16-32(26,27)5/h9,21-22,24-28H,6-8,10-20H2,1-5H3,(H,33,34)/t22-,24+,25+,26?,27?,28?,31+,32-/m1/s1. The number of carbonyl (C=O) groups is 2. The topological polar surface area (TPSA) is 72.8 Å². The minimum absolute atomic E-state index is 0.126. The predicted molar refractivity (Wildman–Crippen MR) is 146 cm³/mol. The van der Waals surface area contributed by atoms with E-state index in [1.165, 1.54) is 57.8 Å². The third-order valence-electron chi connectivity index (χ3n) is 11.3. The zero-order valence-corrected chi connectivity index (χ0v) is 24.1. The average molecular weight is 517 g/mol. The predicted octanol–water partition coefficient (Wildman–Crippen LogP) is 7.43. The highest BCUT2D eigenvalue weighted by atomic mass is 16.6. The number of rotatable bonds is 11. The van der Waals surface area contributed by atoms with Crippen LogP contribution in [0.25, 0.3) is 0 Å². The Kier molecular flexibility index (Phi) is 9.13. The van der Waals surface area contributed by atoms with Crippen molar-refractivity contribution in [3.8, 4) is 0 Å². The van der Waals surface area contributed by atoms with Gasteiger partial charge in [0.1, 0.15) is 13.0 Å². The molecule has 0 aromatic carbocycles. The number of aliphatic carboxylic acids is 1. The fourth-order valence-corrected chi connectivity index (χ4v) is 9.34. The fraction of sp³-hybridized carbons (Fsp3) is 0.875. The lowest BCUT2D eigenvalue weighted by Gasteiger charge is -2.58. The maximum Gasteiger partial charge on any atom is 0.317 e. The molecule has 3 fully saturated rings. The summed E-state index contributed by atoms with van der Waals surface area (Å²) in [5.41, 5.74) is 2.44. The van der Waals surface area contributed by atoms with Crippen molar-refractivity contribution in [2.24, 2.45) is 46.3 Å². The molecule has 4 aliphatic rings. The van der Waals surface area contributed by atoms with Gasteiger partial charge in [0.15, 0.2) is 0 Å². The summed E-state index contributed by atoms with van der Waals surface area (Å²) in [6.45, 7) is 12.9. The molecular weight excluding hydrogens is 464 g/mol. The van der Waals surface area contributed by atoms with Crippen molar-refractivity contribution in [1.82, 2.24) is 0 Å². The lowest BCUT2D eigenvalue weighted by molar-refractivity contribution is -0.153. The Bertz CT molecular complexity index is 848. The summed E-state index contributed by atoms with van der Waals surface area (Å²) in [7, 11) is 0. The molecule has 0 aliphatic heterocycles. The van der Waals surface area contributed by atoms with Gasteiger partial charge in [0, 0.05) is 0 Å². The van der Waals surface area contributed by atoms with Crippen LogP contribution in [0.3, 0.4) is 0 Å². The summed E-state index contributed by atoms with van der Waals surface area (Å²) in [5, 5.41) is 8.67. The van der Waals surface area contributed by atoms with E-state index < -0.39 is 18.4 Å². The van der Waals surface area contributed by atoms with Gasteiger partial charge in [-0.3, -0.25) is 9.59 Å². The number of fused-ring (bicyclic) bond motifs is 5. The van der Waals surface area contributed by atoms with E-state index in [4.69, 9.17) is 14.6 Å². The Labute approximate surface area is 225 Å². The zero-order valence-electron chi connectivity index (χ0n) is 24.1. The van der Waals surface area contributed by atoms with E-state index in [-0.39, 0.29) is 12.7 Å². The molecule has 5 nitrogen and oxygen atoms in total. The molecule has 0 bridgehead atoms. The van der Waals surface area contributed by atoms with Gasteiger partial charge in [0.25, 0.3) is 0 Å². The van der Waals surface area contributed by atoms with E-state index in [1.54, 1.807) is 5.57 Å². The number of allylic oxidation sites excluding steroid dienone is 1. The van der Waals surface area contributed by atoms with Gasteiger partial charge in [-0.15, -0.1) is 0 Å². The average Bonchev–Trinajstić information content (AvgIpc) is 3.18. The largest absolute Gasteiger partial charge is 0.481 e. The van der Waals surface area contributed by atoms with Crippen LogP contribution in [-0.4, -0.2) is 36.4 Å². The second kappa shape index (κ2) is 11.8. The van der Waals surface area contributed by atoms with Crippen LogP contribution in [0.4, 0.5) is 0 Å². The molecule has 0 spiro atoms. The molecule has 4 aliphatic carbocycles. The quantitative estimate of drug-likeness (QED) is 0.134. The summed E-state index contributed by atoms with van der Waals surface area (Å²) >= 11 is 0. The minimum Gasteiger partial charge on any atom is -0.481 e. The van der Waals surface area contributed by atoms with Crippen molar-refractivity contribution in [3.63, 3.8) is 0 Å². The Hall–Kier alpha value is -1.36. The van der Waals surface area contributed by atoms with Gasteiger partial charge in [0.05, 0.1) is 12.7 Å². The first-order valence-corrected chi connectivity index (χ1v) is 15.2. The Morgan fingerprint density at radius 2 is 1.81 bits per heavy atom. The Morgan fingerprint density at radius 3 is 2.54 bits per heavy atom. The third-order valence-corrected chi connectivity index (χ3v) is 11.3. The lowest BCUT2D eigenvalue weighted by atomic mass is 9.47. The molecule has 0 amide bonds. The van der Waals surface area contributed by atoms with Crippen molar-refractivity contribution >= 4 is 11.9 Å². The van der Waals surface area contributed by atoms with Gasteiger partial charge in [-0.05, 0) is 97.7 Å². The minimum atomic E-state index is -1.16. The highest BCUT2D eigenvalue weighted by Gasteiger charge is 2.59. The molecule has 0 saturated heterocycles. The van der Waals surface area contributed by atoms with Crippen LogP contribution in [0.5, 0.6) is 0 Å². The number of hydrogen-bond donors (Lipinski definition) is 1. The van der Waals surface area contributed by atoms with Crippen molar-refractivity contribution < 1.29 is 24.2 Å². The molecular formula is C32H52O5. The Balaban J connectivity index is 1.33. The number of carboxylic acid groups (broad SMARTS) is 1. The van der Waals surface area contributed by atoms with Crippen molar-refractivity contribution in [3.05, 3.63) is 11.6 Å². The van der Waals surface area contributed by atoms with Gasteiger partial charge in [-0.25, -0.2) is 0 Å². The first kappa shape index (κ1) is 28.6. The van der Waals surface area contributed by atoms with Crippen LogP contribution < -0.4 is 0 Å². The number of carbonyl (C=O) groups excluding carboxylic acids is 1. The van der Waals surface area contributed by atoms with Crippen LogP contribution in [0.2, 0.25) is 0 Å². The first-order valence-electron chi connectivity index (χ1n) is 15.2. The van der Waals surface area contributed by atoms with Crippen LogP contribution in [-0.2, 0) is 19.1 Å². The summed E-state index contributed by atoms with van der Waals surface area (Å²) in [5.74, 6) is 3.24. The van der Waals surface area contributed by atoms with E-state index in [1.807, 2.05) is 0 Å². The molecule has 0 radical (unpaired) electrons. The highest BCUT2D eigenvalue weighted by molar-refractivity contribution is 5.90. The third kappa shape index (κ3) is 6.12. The van der Waals surface area contributed by atoms with Crippen LogP contribution >= 0.6 is 0 Å². The summed E-state index contributed by atoms with van der Waals surface area (Å²) < 4.78 is 11.1. The van der Waals surface area contributed by atoms with Crippen molar-refractivity contribution in [2.45, 2.75) is 118 Å². The maximum absolute atomic E-state index is 11.4. The first-order chi connectivity index (χ1) is 17.5. The number of esters is 1. The SMILES string of the molecule is CC(C)CCC[C@@H](C)C1CCC2[C@@H]3CC=C4C[C@@H](OCCOC(=O)CC(=O)O)CC[C@]4(C)C3CC[C@@]21C. The monoisotopic (exact) mass is 516 g/mol. The molecule has 3 unspecified atom stereocenters. The zero-order chi connectivity index (χ0) is 26.8. The van der Waals surface area contributed by atoms with E-state index in [0.29, 0.717) is 17.4 Å².